The highest BCUT2D eigenvalue weighted by atomic mass is 16.5. The van der Waals surface area contributed by atoms with Crippen molar-refractivity contribution in [3.05, 3.63) is 64.4 Å². The number of hydrogen-bond acceptors (Lipinski definition) is 5. The van der Waals surface area contributed by atoms with Crippen molar-refractivity contribution in [2.45, 2.75) is 19.8 Å². The topological polar surface area (TPSA) is 86.1 Å². The summed E-state index contributed by atoms with van der Waals surface area (Å²) in [5, 5.41) is 8.05. The van der Waals surface area contributed by atoms with Crippen LogP contribution >= 0.6 is 0 Å². The Bertz CT molecular complexity index is 935. The van der Waals surface area contributed by atoms with Gasteiger partial charge in [0.15, 0.2) is 0 Å². The van der Waals surface area contributed by atoms with Crippen molar-refractivity contribution in [1.82, 2.24) is 15.1 Å². The molecule has 0 fully saturated rings. The second-order valence-electron chi connectivity index (χ2n) is 5.49. The minimum atomic E-state index is -0.452. The average Bonchev–Trinajstić information content (AvgIpc) is 2.65. The van der Waals surface area contributed by atoms with Crippen LogP contribution in [0.4, 0.5) is 0 Å². The zero-order chi connectivity index (χ0) is 17.6. The lowest BCUT2D eigenvalue weighted by Gasteiger charge is -2.08. The molecule has 7 heteroatoms. The van der Waals surface area contributed by atoms with Gasteiger partial charge in [-0.3, -0.25) is 9.59 Å². The van der Waals surface area contributed by atoms with Crippen molar-refractivity contribution < 1.29 is 9.53 Å². The Labute approximate surface area is 144 Å². The van der Waals surface area contributed by atoms with Crippen molar-refractivity contribution in [2.75, 3.05) is 12.0 Å². The van der Waals surface area contributed by atoms with E-state index in [1.807, 2.05) is 0 Å². The van der Waals surface area contributed by atoms with Gasteiger partial charge in [-0.15, -0.1) is 9.89 Å². The lowest BCUT2D eigenvalue weighted by atomic mass is 10.2. The Morgan fingerprint density at radius 3 is 2.68 bits per heavy atom. The first kappa shape index (κ1) is 16.6. The van der Waals surface area contributed by atoms with E-state index in [0.29, 0.717) is 28.8 Å². The molecule has 0 spiro atoms. The summed E-state index contributed by atoms with van der Waals surface area (Å²) in [6, 6.07) is 13.5. The highest BCUT2D eigenvalue weighted by molar-refractivity contribution is 6.00. The lowest BCUT2D eigenvalue weighted by molar-refractivity contribution is 0.100. The summed E-state index contributed by atoms with van der Waals surface area (Å²) >= 11 is 0. The standard InChI is InChI=1S/C18H18N4O3/c1-2-3-12-25-14-10-8-13(9-11-14)17(23)20-22-18(24)15-6-4-5-7-16(15)19-21-22/h4-11H,2-3,12H2,1H3,(H,20,23). The van der Waals surface area contributed by atoms with Gasteiger partial charge in [0.25, 0.3) is 11.5 Å². The van der Waals surface area contributed by atoms with E-state index < -0.39 is 11.5 Å². The van der Waals surface area contributed by atoms with Crippen LogP contribution in [0.2, 0.25) is 0 Å². The van der Waals surface area contributed by atoms with Gasteiger partial charge in [0.2, 0.25) is 0 Å². The molecule has 3 rings (SSSR count). The molecule has 0 aliphatic heterocycles. The van der Waals surface area contributed by atoms with Crippen molar-refractivity contribution in [3.8, 4) is 5.75 Å². The maximum Gasteiger partial charge on any atom is 0.297 e. The minimum absolute atomic E-state index is 0.387. The van der Waals surface area contributed by atoms with Crippen molar-refractivity contribution >= 4 is 16.8 Å². The second-order valence-corrected chi connectivity index (χ2v) is 5.49. The van der Waals surface area contributed by atoms with Gasteiger partial charge in [-0.1, -0.05) is 25.5 Å². The summed E-state index contributed by atoms with van der Waals surface area (Å²) in [4.78, 5) is 25.5. The van der Waals surface area contributed by atoms with Crippen molar-refractivity contribution in [3.63, 3.8) is 0 Å². The normalized spacial score (nSPS) is 10.6. The van der Waals surface area contributed by atoms with E-state index in [-0.39, 0.29) is 0 Å². The highest BCUT2D eigenvalue weighted by Gasteiger charge is 2.10. The zero-order valence-electron chi connectivity index (χ0n) is 13.8. The smallest absolute Gasteiger partial charge is 0.297 e. The number of carbonyl (C=O) groups excluding carboxylic acids is 1. The van der Waals surface area contributed by atoms with Crippen LogP contribution in [0.15, 0.2) is 53.3 Å². The molecule has 128 valence electrons. The average molecular weight is 338 g/mol. The van der Waals surface area contributed by atoms with E-state index in [9.17, 15) is 9.59 Å². The number of unbranched alkanes of at least 4 members (excludes halogenated alkanes) is 1. The van der Waals surface area contributed by atoms with Crippen LogP contribution in [-0.2, 0) is 0 Å². The molecule has 0 bridgehead atoms. The largest absolute Gasteiger partial charge is 0.494 e. The monoisotopic (exact) mass is 338 g/mol. The maximum atomic E-state index is 12.3. The van der Waals surface area contributed by atoms with Gasteiger partial charge in [0.05, 0.1) is 12.0 Å². The summed E-state index contributed by atoms with van der Waals surface area (Å²) < 4.78 is 5.56. The Morgan fingerprint density at radius 1 is 1.16 bits per heavy atom. The lowest BCUT2D eigenvalue weighted by Crippen LogP contribution is -2.35. The molecule has 0 saturated heterocycles. The van der Waals surface area contributed by atoms with Crippen LogP contribution in [0.5, 0.6) is 5.75 Å². The number of hydrogen-bond donors (Lipinski definition) is 1. The van der Waals surface area contributed by atoms with Crippen LogP contribution in [0.25, 0.3) is 10.9 Å². The predicted molar refractivity (Wildman–Crippen MR) is 94.3 cm³/mol. The van der Waals surface area contributed by atoms with E-state index in [1.165, 1.54) is 0 Å². The first-order chi connectivity index (χ1) is 12.2. The minimum Gasteiger partial charge on any atom is -0.494 e. The molecular formula is C18H18N4O3. The van der Waals surface area contributed by atoms with Crippen LogP contribution in [0.1, 0.15) is 30.1 Å². The van der Waals surface area contributed by atoms with E-state index in [0.717, 1.165) is 17.6 Å². The van der Waals surface area contributed by atoms with E-state index in [1.54, 1.807) is 48.5 Å². The van der Waals surface area contributed by atoms with Gasteiger partial charge < -0.3 is 4.74 Å². The summed E-state index contributed by atoms with van der Waals surface area (Å²) in [5.41, 5.74) is 2.88. The molecule has 2 aromatic carbocycles. The summed E-state index contributed by atoms with van der Waals surface area (Å²) in [6.07, 6.45) is 2.04. The predicted octanol–water partition coefficient (Wildman–Crippen LogP) is 2.35. The van der Waals surface area contributed by atoms with E-state index in [2.05, 4.69) is 22.7 Å². The van der Waals surface area contributed by atoms with Gasteiger partial charge in [0.1, 0.15) is 11.3 Å². The zero-order valence-corrected chi connectivity index (χ0v) is 13.8. The number of aromatic nitrogens is 3. The van der Waals surface area contributed by atoms with Gasteiger partial charge in [-0.05, 0) is 48.0 Å². The first-order valence-electron chi connectivity index (χ1n) is 8.08. The number of fused-ring (bicyclic) bond motifs is 1. The highest BCUT2D eigenvalue weighted by Crippen LogP contribution is 2.13. The third-order valence-electron chi connectivity index (χ3n) is 3.66. The van der Waals surface area contributed by atoms with E-state index in [4.69, 9.17) is 4.74 Å². The molecule has 0 aliphatic rings. The molecule has 3 aromatic rings. The number of nitrogens with one attached hydrogen (secondary N) is 1. The molecule has 0 radical (unpaired) electrons. The molecule has 0 atom stereocenters. The third kappa shape index (κ3) is 3.82. The molecule has 0 saturated carbocycles. The summed E-state index contributed by atoms with van der Waals surface area (Å²) in [5.74, 6) is 0.249. The molecule has 25 heavy (non-hydrogen) atoms. The quantitative estimate of drug-likeness (QED) is 0.697. The molecule has 1 heterocycles. The Hall–Kier alpha value is -3.22. The number of carbonyl (C=O) groups is 1. The number of benzene rings is 2. The van der Waals surface area contributed by atoms with Crippen molar-refractivity contribution in [2.24, 2.45) is 0 Å². The molecule has 1 N–H and O–H groups in total. The maximum absolute atomic E-state index is 12.3. The van der Waals surface area contributed by atoms with Gasteiger partial charge in [-0.2, -0.15) is 0 Å². The molecule has 1 amide bonds. The van der Waals surface area contributed by atoms with Gasteiger partial charge >= 0.3 is 0 Å². The fourth-order valence-electron chi connectivity index (χ4n) is 2.26. The molecule has 1 aromatic heterocycles. The van der Waals surface area contributed by atoms with E-state index >= 15 is 0 Å². The fraction of sp³-hybridized carbons (Fsp3) is 0.222. The Kier molecular flexibility index (Phi) is 5.03. The van der Waals surface area contributed by atoms with Crippen LogP contribution in [0, 0.1) is 0 Å². The summed E-state index contributed by atoms with van der Waals surface area (Å²) in [6.45, 7) is 2.73. The molecular weight excluding hydrogens is 320 g/mol. The van der Waals surface area contributed by atoms with Crippen LogP contribution < -0.4 is 15.7 Å². The number of nitrogens with zero attached hydrogens (tertiary/aromatic N) is 3. The van der Waals surface area contributed by atoms with Crippen LogP contribution in [-0.4, -0.2) is 27.6 Å². The first-order valence-corrected chi connectivity index (χ1v) is 8.08. The molecule has 0 aliphatic carbocycles. The Balaban J connectivity index is 1.74. The van der Waals surface area contributed by atoms with Crippen molar-refractivity contribution in [1.29, 1.82) is 0 Å². The molecule has 0 unspecified atom stereocenters. The SMILES string of the molecule is CCCCOc1ccc(C(=O)Nn2nnc3ccccc3c2=O)cc1. The number of amides is 1. The number of ether oxygens (including phenoxy) is 1. The fourth-order valence-corrected chi connectivity index (χ4v) is 2.26. The van der Waals surface area contributed by atoms with Gasteiger partial charge in [-0.25, -0.2) is 5.43 Å². The molecule has 7 nitrogen and oxygen atoms in total. The number of rotatable bonds is 6. The summed E-state index contributed by atoms with van der Waals surface area (Å²) in [7, 11) is 0. The second kappa shape index (κ2) is 7.57. The third-order valence-corrected chi connectivity index (χ3v) is 3.66. The van der Waals surface area contributed by atoms with Crippen LogP contribution in [0.3, 0.4) is 0 Å². The Morgan fingerprint density at radius 2 is 1.92 bits per heavy atom. The van der Waals surface area contributed by atoms with Gasteiger partial charge in [0, 0.05) is 5.56 Å².